The van der Waals surface area contributed by atoms with E-state index in [2.05, 4.69) is 68.7 Å². The summed E-state index contributed by atoms with van der Waals surface area (Å²) in [6.45, 7) is 11.2. The van der Waals surface area contributed by atoms with Crippen LogP contribution in [0.2, 0.25) is 0 Å². The normalized spacial score (nSPS) is 39.5. The third-order valence-corrected chi connectivity index (χ3v) is 6.96. The largest absolute Gasteiger partial charge is 0.391 e. The average molecular weight is 501 g/mol. The van der Waals surface area contributed by atoms with Crippen LogP contribution in [-0.4, -0.2) is 55.2 Å². The third-order valence-electron chi connectivity index (χ3n) is 6.96. The van der Waals surface area contributed by atoms with E-state index in [1.54, 1.807) is 12.2 Å². The molecule has 0 radical (unpaired) electrons. The molecular formula is C30H48N2O4. The van der Waals surface area contributed by atoms with E-state index >= 15 is 0 Å². The summed E-state index contributed by atoms with van der Waals surface area (Å²) >= 11 is 0. The number of amides is 1. The molecule has 202 valence electrons. The van der Waals surface area contributed by atoms with Gasteiger partial charge in [0.05, 0.1) is 24.4 Å². The van der Waals surface area contributed by atoms with Crippen LogP contribution in [0.15, 0.2) is 59.8 Å². The van der Waals surface area contributed by atoms with Crippen molar-refractivity contribution in [3.05, 3.63) is 59.8 Å². The van der Waals surface area contributed by atoms with Crippen molar-refractivity contribution in [1.29, 1.82) is 0 Å². The number of nitrogens with one attached hydrogen (secondary N) is 2. The Kier molecular flexibility index (Phi) is 13.4. The Hall–Kier alpha value is -1.99. The number of carbonyl (C=O) groups is 1. The van der Waals surface area contributed by atoms with Crippen molar-refractivity contribution in [2.45, 2.75) is 97.4 Å². The lowest BCUT2D eigenvalue weighted by molar-refractivity contribution is -0.241. The van der Waals surface area contributed by atoms with Crippen LogP contribution in [0.3, 0.4) is 0 Å². The second-order valence-corrected chi connectivity index (χ2v) is 10.5. The average Bonchev–Trinajstić information content (AvgIpc) is 2.82. The molecular weight excluding hydrogens is 452 g/mol. The Bertz CT molecular complexity index is 817. The molecule has 3 N–H and O–H groups in total. The van der Waals surface area contributed by atoms with Crippen LogP contribution in [0.1, 0.15) is 66.7 Å². The van der Waals surface area contributed by atoms with E-state index in [1.165, 1.54) is 11.1 Å². The van der Waals surface area contributed by atoms with Gasteiger partial charge < -0.3 is 25.2 Å². The summed E-state index contributed by atoms with van der Waals surface area (Å²) in [7, 11) is 1.84. The number of aliphatic hydroxyl groups is 1. The first-order valence-corrected chi connectivity index (χ1v) is 13.5. The summed E-state index contributed by atoms with van der Waals surface area (Å²) in [5.41, 5.74) is 2.62. The molecule has 2 heterocycles. The highest BCUT2D eigenvalue weighted by molar-refractivity contribution is 5.87. The van der Waals surface area contributed by atoms with E-state index in [1.807, 2.05) is 20.0 Å². The number of ether oxygens (including phenoxy) is 2. The van der Waals surface area contributed by atoms with Crippen LogP contribution in [0.5, 0.6) is 0 Å². The number of allylic oxidation sites excluding steroid dienone is 7. The highest BCUT2D eigenvalue weighted by Crippen LogP contribution is 2.26. The summed E-state index contributed by atoms with van der Waals surface area (Å²) in [4.78, 5) is 12.2. The number of rotatable bonds is 3. The zero-order valence-electron chi connectivity index (χ0n) is 23.1. The fourth-order valence-electron chi connectivity index (χ4n) is 4.68. The molecule has 0 saturated carbocycles. The van der Waals surface area contributed by atoms with Crippen LogP contribution >= 0.6 is 0 Å². The van der Waals surface area contributed by atoms with Crippen LogP contribution < -0.4 is 10.6 Å². The van der Waals surface area contributed by atoms with Crippen molar-refractivity contribution in [3.8, 4) is 0 Å². The summed E-state index contributed by atoms with van der Waals surface area (Å²) in [6.07, 6.45) is 19.0. The number of aliphatic hydroxyl groups excluding tert-OH is 1. The maximum atomic E-state index is 12.2. The molecule has 0 unspecified atom stereocenters. The van der Waals surface area contributed by atoms with Crippen molar-refractivity contribution in [3.63, 3.8) is 0 Å². The number of carbonyl (C=O) groups excluding carboxylic acids is 1. The fraction of sp³-hybridized carbons (Fsp3) is 0.633. The van der Waals surface area contributed by atoms with Gasteiger partial charge in [-0.15, -0.1) is 0 Å². The molecule has 2 aliphatic rings. The predicted octanol–water partition coefficient (Wildman–Crippen LogP) is 4.98. The molecule has 1 amide bonds. The molecule has 7 atom stereocenters. The maximum Gasteiger partial charge on any atom is 0.243 e. The predicted molar refractivity (Wildman–Crippen MR) is 147 cm³/mol. The lowest BCUT2D eigenvalue weighted by Crippen LogP contribution is -2.54. The standard InChI is InChI=1S/C30H48N2O4/c1-21-12-8-7-9-13-23(3)20-32-28(34)15-11-10-14-24(4)27(17-16-22(2)18-21)36-29-19-26(33)30(31-6)25(5)35-29/h7-8,10-12,14-16,23-27,29-31,33H,9,13,17-20H2,1-6H3,(H,32,34)/b8-7+,14-10+,15-11+,21-12+,22-16+/t23-,24-,25+,26-,27-,29-,30+/m0/s1. The highest BCUT2D eigenvalue weighted by Gasteiger charge is 2.36. The van der Waals surface area contributed by atoms with Gasteiger partial charge in [-0.3, -0.25) is 4.79 Å². The third kappa shape index (κ3) is 11.0. The molecule has 6 nitrogen and oxygen atoms in total. The van der Waals surface area contributed by atoms with Gasteiger partial charge in [-0.2, -0.15) is 0 Å². The first kappa shape index (κ1) is 30.2. The van der Waals surface area contributed by atoms with Gasteiger partial charge in [0, 0.05) is 25.0 Å². The van der Waals surface area contributed by atoms with Gasteiger partial charge in [-0.05, 0) is 59.4 Å². The van der Waals surface area contributed by atoms with Gasteiger partial charge in [0.1, 0.15) is 0 Å². The molecule has 6 heteroatoms. The molecule has 1 saturated heterocycles. The molecule has 0 aromatic heterocycles. The minimum Gasteiger partial charge on any atom is -0.391 e. The summed E-state index contributed by atoms with van der Waals surface area (Å²) in [6, 6.07) is -0.105. The molecule has 0 aliphatic carbocycles. The first-order valence-electron chi connectivity index (χ1n) is 13.5. The zero-order valence-corrected chi connectivity index (χ0v) is 23.1. The van der Waals surface area contributed by atoms with Gasteiger partial charge in [0.15, 0.2) is 6.29 Å². The van der Waals surface area contributed by atoms with Gasteiger partial charge in [-0.1, -0.05) is 67.5 Å². The van der Waals surface area contributed by atoms with Crippen molar-refractivity contribution in [1.82, 2.24) is 10.6 Å². The van der Waals surface area contributed by atoms with Gasteiger partial charge in [-0.25, -0.2) is 0 Å². The fourth-order valence-corrected chi connectivity index (χ4v) is 4.68. The Morgan fingerprint density at radius 3 is 2.64 bits per heavy atom. The van der Waals surface area contributed by atoms with Crippen LogP contribution in [0, 0.1) is 11.8 Å². The molecule has 2 aliphatic heterocycles. The summed E-state index contributed by atoms with van der Waals surface area (Å²) in [5, 5.41) is 16.7. The maximum absolute atomic E-state index is 12.2. The van der Waals surface area contributed by atoms with Crippen LogP contribution in [0.4, 0.5) is 0 Å². The second kappa shape index (κ2) is 16.0. The van der Waals surface area contributed by atoms with Crippen LogP contribution in [0.25, 0.3) is 0 Å². The molecule has 0 aromatic rings. The van der Waals surface area contributed by atoms with Crippen LogP contribution in [-0.2, 0) is 14.3 Å². The van der Waals surface area contributed by atoms with E-state index < -0.39 is 12.4 Å². The minimum absolute atomic E-state index is 0.0771. The van der Waals surface area contributed by atoms with Crippen molar-refractivity contribution in [2.75, 3.05) is 13.6 Å². The smallest absolute Gasteiger partial charge is 0.243 e. The lowest BCUT2D eigenvalue weighted by atomic mass is 9.97. The van der Waals surface area contributed by atoms with Crippen molar-refractivity contribution >= 4 is 5.91 Å². The van der Waals surface area contributed by atoms with Gasteiger partial charge in [0.25, 0.3) is 0 Å². The van der Waals surface area contributed by atoms with Crippen molar-refractivity contribution < 1.29 is 19.4 Å². The number of hydrogen-bond acceptors (Lipinski definition) is 5. The lowest BCUT2D eigenvalue weighted by Gasteiger charge is -2.39. The molecule has 0 bridgehead atoms. The summed E-state index contributed by atoms with van der Waals surface area (Å²) < 4.78 is 12.5. The first-order chi connectivity index (χ1) is 17.2. The van der Waals surface area contributed by atoms with E-state index in [0.717, 1.165) is 25.7 Å². The molecule has 0 spiro atoms. The van der Waals surface area contributed by atoms with Gasteiger partial charge >= 0.3 is 0 Å². The minimum atomic E-state index is -0.524. The Balaban J connectivity index is 2.18. The van der Waals surface area contributed by atoms with E-state index in [0.29, 0.717) is 18.9 Å². The summed E-state index contributed by atoms with van der Waals surface area (Å²) in [5.74, 6) is 0.435. The molecule has 2 rings (SSSR count). The SMILES string of the molecule is CN[C@H]1[C@@H](O)C[C@H](O[C@H]2C/C=C(\C)C/C(C)=C/C=C/CC[C@H](C)CNC(=O)/C=C/C=C/[C@@H]2C)O[C@@H]1C. The Morgan fingerprint density at radius 1 is 1.14 bits per heavy atom. The van der Waals surface area contributed by atoms with Crippen molar-refractivity contribution in [2.24, 2.45) is 11.8 Å². The van der Waals surface area contributed by atoms with E-state index in [-0.39, 0.29) is 30.1 Å². The molecule has 1 fully saturated rings. The molecule has 0 aromatic carbocycles. The Labute approximate surface area is 218 Å². The zero-order chi connectivity index (χ0) is 26.5. The number of likely N-dealkylation sites (N-methyl/N-ethyl adjacent to an activating group) is 1. The topological polar surface area (TPSA) is 79.8 Å². The quantitative estimate of drug-likeness (QED) is 0.477. The number of hydrogen-bond donors (Lipinski definition) is 3. The Morgan fingerprint density at radius 2 is 1.92 bits per heavy atom. The van der Waals surface area contributed by atoms with Gasteiger partial charge in [0.2, 0.25) is 5.91 Å². The van der Waals surface area contributed by atoms with E-state index in [4.69, 9.17) is 9.47 Å². The van der Waals surface area contributed by atoms with E-state index in [9.17, 15) is 9.90 Å². The monoisotopic (exact) mass is 500 g/mol. The second-order valence-electron chi connectivity index (χ2n) is 10.5. The molecule has 36 heavy (non-hydrogen) atoms. The highest BCUT2D eigenvalue weighted by atomic mass is 16.7.